The molecule has 1 aromatic rings. The maximum absolute atomic E-state index is 11.0. The normalized spacial score (nSPS) is 23.6. The van der Waals surface area contributed by atoms with E-state index in [-0.39, 0.29) is 11.7 Å². The van der Waals surface area contributed by atoms with Gasteiger partial charge in [0, 0.05) is 12.7 Å². The van der Waals surface area contributed by atoms with Crippen molar-refractivity contribution >= 4 is 11.7 Å². The Kier molecular flexibility index (Phi) is 4.15. The molecule has 1 aliphatic carbocycles. The number of carboxylic acid groups (broad SMARTS) is 1. The fourth-order valence-electron chi connectivity index (χ4n) is 2.42. The monoisotopic (exact) mass is 250 g/mol. The van der Waals surface area contributed by atoms with Gasteiger partial charge >= 0.3 is 5.97 Å². The molecule has 1 heterocycles. The summed E-state index contributed by atoms with van der Waals surface area (Å²) in [5.41, 5.74) is 0.784. The largest absolute Gasteiger partial charge is 0.478 e. The first-order valence-electron chi connectivity index (χ1n) is 6.26. The fraction of sp³-hybridized carbons (Fsp3) is 0.538. The Balaban J connectivity index is 1.95. The van der Waals surface area contributed by atoms with Crippen LogP contribution in [0.15, 0.2) is 18.5 Å². The smallest absolute Gasteiger partial charge is 0.337 e. The quantitative estimate of drug-likeness (QED) is 0.758. The lowest BCUT2D eigenvalue weighted by Gasteiger charge is -2.26. The minimum Gasteiger partial charge on any atom is -0.478 e. The number of aliphatic hydroxyl groups is 1. The summed E-state index contributed by atoms with van der Waals surface area (Å²) >= 11 is 0. The Hall–Kier alpha value is -1.62. The molecule has 2 rings (SSSR count). The summed E-state index contributed by atoms with van der Waals surface area (Å²) in [7, 11) is 0. The number of rotatable bonds is 4. The minimum absolute atomic E-state index is 0.210. The highest BCUT2D eigenvalue weighted by Crippen LogP contribution is 2.25. The summed E-state index contributed by atoms with van der Waals surface area (Å²) in [5, 5.41) is 21.8. The van der Waals surface area contributed by atoms with Crippen molar-refractivity contribution in [1.82, 2.24) is 4.98 Å². The van der Waals surface area contributed by atoms with Crippen molar-refractivity contribution in [1.29, 1.82) is 0 Å². The summed E-state index contributed by atoms with van der Waals surface area (Å²) < 4.78 is 0. The second-order valence-corrected chi connectivity index (χ2v) is 4.79. The Morgan fingerprint density at radius 1 is 1.50 bits per heavy atom. The van der Waals surface area contributed by atoms with E-state index in [2.05, 4.69) is 10.3 Å². The first-order valence-corrected chi connectivity index (χ1v) is 6.26. The molecule has 2 atom stereocenters. The molecule has 1 fully saturated rings. The molecule has 5 heteroatoms. The van der Waals surface area contributed by atoms with Gasteiger partial charge in [-0.15, -0.1) is 0 Å². The molecule has 5 nitrogen and oxygen atoms in total. The number of pyridine rings is 1. The van der Waals surface area contributed by atoms with Gasteiger partial charge in [0.25, 0.3) is 0 Å². The van der Waals surface area contributed by atoms with E-state index in [1.165, 1.54) is 18.5 Å². The molecule has 1 saturated carbocycles. The highest BCUT2D eigenvalue weighted by molar-refractivity contribution is 5.93. The van der Waals surface area contributed by atoms with Crippen molar-refractivity contribution in [2.24, 2.45) is 5.92 Å². The van der Waals surface area contributed by atoms with E-state index < -0.39 is 5.97 Å². The van der Waals surface area contributed by atoms with Crippen LogP contribution in [-0.4, -0.2) is 33.8 Å². The standard InChI is InChI=1S/C13H18N2O3/c16-10-3-1-2-9(6-10)7-15-12-8-14-5-4-11(12)13(17)18/h4-5,8-10,15-16H,1-3,6-7H2,(H,17,18). The number of aromatic carboxylic acids is 1. The molecule has 2 unspecified atom stereocenters. The molecular formula is C13H18N2O3. The van der Waals surface area contributed by atoms with Crippen LogP contribution in [0.4, 0.5) is 5.69 Å². The first-order chi connectivity index (χ1) is 8.66. The van der Waals surface area contributed by atoms with Gasteiger partial charge < -0.3 is 15.5 Å². The molecule has 0 saturated heterocycles. The topological polar surface area (TPSA) is 82.5 Å². The van der Waals surface area contributed by atoms with Crippen molar-refractivity contribution < 1.29 is 15.0 Å². The van der Waals surface area contributed by atoms with Crippen LogP contribution >= 0.6 is 0 Å². The van der Waals surface area contributed by atoms with Crippen molar-refractivity contribution in [3.05, 3.63) is 24.0 Å². The van der Waals surface area contributed by atoms with Gasteiger partial charge in [0.15, 0.2) is 0 Å². The third-order valence-electron chi connectivity index (χ3n) is 3.39. The van der Waals surface area contributed by atoms with Gasteiger partial charge in [-0.1, -0.05) is 6.42 Å². The molecule has 0 aromatic carbocycles. The second-order valence-electron chi connectivity index (χ2n) is 4.79. The third kappa shape index (κ3) is 3.20. The molecule has 0 amide bonds. The Labute approximate surface area is 106 Å². The lowest BCUT2D eigenvalue weighted by molar-refractivity contribution is 0.0697. The van der Waals surface area contributed by atoms with E-state index in [4.69, 9.17) is 5.11 Å². The summed E-state index contributed by atoms with van der Waals surface area (Å²) in [5.74, 6) is -0.556. The Morgan fingerprint density at radius 2 is 2.33 bits per heavy atom. The minimum atomic E-state index is -0.955. The van der Waals surface area contributed by atoms with E-state index in [9.17, 15) is 9.90 Å². The number of nitrogens with one attached hydrogen (secondary N) is 1. The number of aliphatic hydroxyl groups excluding tert-OH is 1. The van der Waals surface area contributed by atoms with E-state index in [0.717, 1.165) is 25.7 Å². The molecule has 0 bridgehead atoms. The van der Waals surface area contributed by atoms with Crippen LogP contribution in [0, 0.1) is 5.92 Å². The fourth-order valence-corrected chi connectivity index (χ4v) is 2.42. The average Bonchev–Trinajstić information content (AvgIpc) is 2.37. The molecule has 18 heavy (non-hydrogen) atoms. The van der Waals surface area contributed by atoms with Crippen molar-refractivity contribution in [3.63, 3.8) is 0 Å². The molecule has 0 spiro atoms. The number of hydrogen-bond donors (Lipinski definition) is 3. The molecule has 98 valence electrons. The highest BCUT2D eigenvalue weighted by Gasteiger charge is 2.20. The second kappa shape index (κ2) is 5.82. The number of aromatic nitrogens is 1. The van der Waals surface area contributed by atoms with Crippen LogP contribution in [-0.2, 0) is 0 Å². The predicted octanol–water partition coefficient (Wildman–Crippen LogP) is 1.74. The lowest BCUT2D eigenvalue weighted by Crippen LogP contribution is -2.25. The molecule has 1 aromatic heterocycles. The SMILES string of the molecule is O=C(O)c1ccncc1NCC1CCCC(O)C1. The van der Waals surface area contributed by atoms with Crippen LogP contribution in [0.2, 0.25) is 0 Å². The van der Waals surface area contributed by atoms with Gasteiger partial charge in [-0.25, -0.2) is 4.79 Å². The first kappa shape index (κ1) is 12.8. The van der Waals surface area contributed by atoms with Gasteiger partial charge in [-0.2, -0.15) is 0 Å². The highest BCUT2D eigenvalue weighted by atomic mass is 16.4. The molecule has 0 aliphatic heterocycles. The maximum atomic E-state index is 11.0. The summed E-state index contributed by atoms with van der Waals surface area (Å²) in [6.45, 7) is 0.684. The zero-order valence-corrected chi connectivity index (χ0v) is 10.2. The number of hydrogen-bond acceptors (Lipinski definition) is 4. The van der Waals surface area contributed by atoms with Crippen LogP contribution < -0.4 is 5.32 Å². The summed E-state index contributed by atoms with van der Waals surface area (Å²) in [6, 6.07) is 1.49. The van der Waals surface area contributed by atoms with Gasteiger partial charge in [-0.05, 0) is 31.2 Å². The van der Waals surface area contributed by atoms with Crippen molar-refractivity contribution in [2.75, 3.05) is 11.9 Å². The van der Waals surface area contributed by atoms with Crippen LogP contribution in [0.3, 0.4) is 0 Å². The Morgan fingerprint density at radius 3 is 3.06 bits per heavy atom. The molecule has 3 N–H and O–H groups in total. The van der Waals surface area contributed by atoms with Gasteiger partial charge in [0.2, 0.25) is 0 Å². The van der Waals surface area contributed by atoms with Gasteiger partial charge in [0.05, 0.1) is 23.6 Å². The van der Waals surface area contributed by atoms with E-state index in [1.54, 1.807) is 0 Å². The average molecular weight is 250 g/mol. The molecule has 0 radical (unpaired) electrons. The molecular weight excluding hydrogens is 232 g/mol. The van der Waals surface area contributed by atoms with E-state index in [0.29, 0.717) is 18.2 Å². The van der Waals surface area contributed by atoms with Crippen LogP contribution in [0.25, 0.3) is 0 Å². The number of nitrogens with zero attached hydrogens (tertiary/aromatic N) is 1. The predicted molar refractivity (Wildman–Crippen MR) is 67.7 cm³/mol. The van der Waals surface area contributed by atoms with E-state index >= 15 is 0 Å². The Bertz CT molecular complexity index is 422. The summed E-state index contributed by atoms with van der Waals surface area (Å²) in [6.07, 6.45) is 6.57. The zero-order valence-electron chi connectivity index (χ0n) is 10.2. The summed E-state index contributed by atoms with van der Waals surface area (Å²) in [4.78, 5) is 14.9. The lowest BCUT2D eigenvalue weighted by atomic mass is 9.87. The third-order valence-corrected chi connectivity index (χ3v) is 3.39. The van der Waals surface area contributed by atoms with Crippen molar-refractivity contribution in [3.8, 4) is 0 Å². The van der Waals surface area contributed by atoms with E-state index in [1.807, 2.05) is 0 Å². The number of carbonyl (C=O) groups is 1. The molecule has 1 aliphatic rings. The van der Waals surface area contributed by atoms with Crippen LogP contribution in [0.1, 0.15) is 36.0 Å². The van der Waals surface area contributed by atoms with Crippen LogP contribution in [0.5, 0.6) is 0 Å². The number of anilines is 1. The number of carboxylic acids is 1. The van der Waals surface area contributed by atoms with Gasteiger partial charge in [0.1, 0.15) is 0 Å². The van der Waals surface area contributed by atoms with Crippen molar-refractivity contribution in [2.45, 2.75) is 31.8 Å². The maximum Gasteiger partial charge on any atom is 0.337 e. The zero-order chi connectivity index (χ0) is 13.0. The van der Waals surface area contributed by atoms with Gasteiger partial charge in [-0.3, -0.25) is 4.98 Å².